The molecule has 23 heavy (non-hydrogen) atoms. The first-order valence-electron chi connectivity index (χ1n) is 8.53. The number of amides is 1. The number of methoxy groups -OCH3 is 1. The molecule has 6 nitrogen and oxygen atoms in total. The number of alkyl carbamates (subject to hydrolysis) is 1. The molecular formula is C17H32N2O4. The van der Waals surface area contributed by atoms with Crippen LogP contribution in [0.25, 0.3) is 0 Å². The zero-order valence-corrected chi connectivity index (χ0v) is 15.2. The van der Waals surface area contributed by atoms with E-state index in [1.54, 1.807) is 0 Å². The summed E-state index contributed by atoms with van der Waals surface area (Å²) in [5.41, 5.74) is -0.490. The van der Waals surface area contributed by atoms with Crippen molar-refractivity contribution in [3.8, 4) is 0 Å². The lowest BCUT2D eigenvalue weighted by molar-refractivity contribution is -0.140. The fourth-order valence-electron chi connectivity index (χ4n) is 2.98. The molecule has 1 rings (SSSR count). The molecule has 1 saturated heterocycles. The van der Waals surface area contributed by atoms with E-state index in [0.29, 0.717) is 6.42 Å². The molecule has 6 heteroatoms. The van der Waals surface area contributed by atoms with E-state index in [1.165, 1.54) is 13.5 Å². The molecular weight excluding hydrogens is 296 g/mol. The minimum Gasteiger partial charge on any atom is -0.469 e. The Morgan fingerprint density at radius 3 is 2.61 bits per heavy atom. The molecule has 0 aromatic heterocycles. The van der Waals surface area contributed by atoms with Gasteiger partial charge in [-0.3, -0.25) is 9.69 Å². The van der Waals surface area contributed by atoms with Gasteiger partial charge in [-0.25, -0.2) is 4.79 Å². The molecule has 2 atom stereocenters. The summed E-state index contributed by atoms with van der Waals surface area (Å²) in [6.07, 6.45) is 4.22. The molecule has 1 fully saturated rings. The lowest BCUT2D eigenvalue weighted by atomic mass is 9.96. The van der Waals surface area contributed by atoms with Gasteiger partial charge in [-0.1, -0.05) is 6.42 Å². The van der Waals surface area contributed by atoms with Gasteiger partial charge in [-0.05, 0) is 60.0 Å². The van der Waals surface area contributed by atoms with Crippen molar-refractivity contribution in [2.24, 2.45) is 0 Å². The minimum absolute atomic E-state index is 0.0169. The van der Waals surface area contributed by atoms with Crippen LogP contribution in [0, 0.1) is 0 Å². The first-order chi connectivity index (χ1) is 10.7. The highest BCUT2D eigenvalue weighted by Gasteiger charge is 2.29. The number of hydrogen-bond acceptors (Lipinski definition) is 5. The third-order valence-corrected chi connectivity index (χ3v) is 4.04. The highest BCUT2D eigenvalue weighted by molar-refractivity contribution is 5.69. The standard InChI is InChI=1S/C17H32N2O4/c1-13(18-16(21)23-17(2,3)4)14-9-6-7-11-19(14)12-8-10-15(20)22-5/h13-14H,6-12H2,1-5H3,(H,18,21). The van der Waals surface area contributed by atoms with Gasteiger partial charge in [0, 0.05) is 18.5 Å². The maximum absolute atomic E-state index is 11.9. The Labute approximate surface area is 139 Å². The van der Waals surface area contributed by atoms with Crippen molar-refractivity contribution in [3.05, 3.63) is 0 Å². The van der Waals surface area contributed by atoms with Gasteiger partial charge in [0.15, 0.2) is 0 Å². The normalized spacial score (nSPS) is 20.7. The summed E-state index contributed by atoms with van der Waals surface area (Å²) < 4.78 is 10.0. The number of nitrogens with zero attached hydrogens (tertiary/aromatic N) is 1. The number of nitrogens with one attached hydrogen (secondary N) is 1. The van der Waals surface area contributed by atoms with Crippen LogP contribution >= 0.6 is 0 Å². The zero-order chi connectivity index (χ0) is 17.5. The van der Waals surface area contributed by atoms with E-state index in [2.05, 4.69) is 15.0 Å². The second-order valence-electron chi connectivity index (χ2n) is 7.21. The number of likely N-dealkylation sites (tertiary alicyclic amines) is 1. The predicted octanol–water partition coefficient (Wildman–Crippen LogP) is 2.71. The third kappa shape index (κ3) is 7.68. The van der Waals surface area contributed by atoms with Crippen molar-refractivity contribution >= 4 is 12.1 Å². The van der Waals surface area contributed by atoms with Gasteiger partial charge in [0.1, 0.15) is 5.60 Å². The molecule has 0 aromatic carbocycles. The van der Waals surface area contributed by atoms with E-state index in [-0.39, 0.29) is 24.1 Å². The van der Waals surface area contributed by atoms with Gasteiger partial charge in [0.25, 0.3) is 0 Å². The molecule has 0 radical (unpaired) electrons. The van der Waals surface area contributed by atoms with Crippen LogP contribution in [0.3, 0.4) is 0 Å². The Morgan fingerprint density at radius 1 is 1.30 bits per heavy atom. The van der Waals surface area contributed by atoms with Crippen LogP contribution in [-0.4, -0.2) is 54.8 Å². The lowest BCUT2D eigenvalue weighted by Crippen LogP contribution is -2.53. The van der Waals surface area contributed by atoms with E-state index < -0.39 is 5.60 Å². The van der Waals surface area contributed by atoms with E-state index in [0.717, 1.165) is 32.4 Å². The smallest absolute Gasteiger partial charge is 0.407 e. The molecule has 0 spiro atoms. The average Bonchev–Trinajstić information content (AvgIpc) is 2.45. The van der Waals surface area contributed by atoms with Crippen LogP contribution in [0.1, 0.15) is 59.8 Å². The quantitative estimate of drug-likeness (QED) is 0.759. The second kappa shape index (κ2) is 9.11. The number of rotatable bonds is 6. The molecule has 134 valence electrons. The van der Waals surface area contributed by atoms with Crippen molar-refractivity contribution in [1.29, 1.82) is 0 Å². The van der Waals surface area contributed by atoms with E-state index >= 15 is 0 Å². The van der Waals surface area contributed by atoms with Gasteiger partial charge in [0.05, 0.1) is 7.11 Å². The first kappa shape index (κ1) is 19.7. The summed E-state index contributed by atoms with van der Waals surface area (Å²) in [4.78, 5) is 25.6. The van der Waals surface area contributed by atoms with Gasteiger partial charge in [0.2, 0.25) is 0 Å². The molecule has 1 aliphatic rings. The Bertz CT molecular complexity index is 393. The fourth-order valence-corrected chi connectivity index (χ4v) is 2.98. The van der Waals surface area contributed by atoms with Crippen molar-refractivity contribution in [2.45, 2.75) is 77.5 Å². The third-order valence-electron chi connectivity index (χ3n) is 4.04. The summed E-state index contributed by atoms with van der Waals surface area (Å²) in [7, 11) is 1.42. The van der Waals surface area contributed by atoms with Crippen LogP contribution in [0.2, 0.25) is 0 Å². The number of esters is 1. The SMILES string of the molecule is COC(=O)CCCN1CCCCC1C(C)NC(=O)OC(C)(C)C. The number of ether oxygens (including phenoxy) is 2. The van der Waals surface area contributed by atoms with Crippen LogP contribution in [0.15, 0.2) is 0 Å². The van der Waals surface area contributed by atoms with Gasteiger partial charge in [-0.2, -0.15) is 0 Å². The minimum atomic E-state index is -0.490. The van der Waals surface area contributed by atoms with E-state index in [4.69, 9.17) is 4.74 Å². The van der Waals surface area contributed by atoms with Crippen molar-refractivity contribution in [1.82, 2.24) is 10.2 Å². The highest BCUT2D eigenvalue weighted by Crippen LogP contribution is 2.21. The maximum Gasteiger partial charge on any atom is 0.407 e. The Kier molecular flexibility index (Phi) is 7.82. The number of piperidine rings is 1. The van der Waals surface area contributed by atoms with Crippen molar-refractivity contribution < 1.29 is 19.1 Å². The average molecular weight is 328 g/mol. The molecule has 1 heterocycles. The molecule has 1 aliphatic heterocycles. The van der Waals surface area contributed by atoms with Gasteiger partial charge >= 0.3 is 12.1 Å². The van der Waals surface area contributed by atoms with Gasteiger partial charge in [-0.15, -0.1) is 0 Å². The summed E-state index contributed by atoms with van der Waals surface area (Å²) in [6.45, 7) is 9.45. The summed E-state index contributed by atoms with van der Waals surface area (Å²) >= 11 is 0. The van der Waals surface area contributed by atoms with E-state index in [9.17, 15) is 9.59 Å². The molecule has 0 saturated carbocycles. The number of hydrogen-bond donors (Lipinski definition) is 1. The zero-order valence-electron chi connectivity index (χ0n) is 15.2. The van der Waals surface area contributed by atoms with E-state index in [1.807, 2.05) is 27.7 Å². The largest absolute Gasteiger partial charge is 0.469 e. The maximum atomic E-state index is 11.9. The van der Waals surface area contributed by atoms with Crippen LogP contribution in [-0.2, 0) is 14.3 Å². The first-order valence-corrected chi connectivity index (χ1v) is 8.53. The monoisotopic (exact) mass is 328 g/mol. The van der Waals surface area contributed by atoms with Crippen LogP contribution < -0.4 is 5.32 Å². The fraction of sp³-hybridized carbons (Fsp3) is 0.882. The predicted molar refractivity (Wildman–Crippen MR) is 89.3 cm³/mol. The summed E-state index contributed by atoms with van der Waals surface area (Å²) in [6, 6.07) is 0.303. The van der Waals surface area contributed by atoms with Gasteiger partial charge < -0.3 is 14.8 Å². The molecule has 1 N–H and O–H groups in total. The molecule has 0 aromatic rings. The van der Waals surface area contributed by atoms with Crippen LogP contribution in [0.4, 0.5) is 4.79 Å². The highest BCUT2D eigenvalue weighted by atomic mass is 16.6. The second-order valence-corrected chi connectivity index (χ2v) is 7.21. The Morgan fingerprint density at radius 2 is 2.00 bits per heavy atom. The lowest BCUT2D eigenvalue weighted by Gasteiger charge is -2.39. The number of carbonyl (C=O) groups excluding carboxylic acids is 2. The molecule has 0 aliphatic carbocycles. The molecule has 2 unspecified atom stereocenters. The Balaban J connectivity index is 2.49. The van der Waals surface area contributed by atoms with Crippen LogP contribution in [0.5, 0.6) is 0 Å². The number of carbonyl (C=O) groups is 2. The molecule has 0 bridgehead atoms. The summed E-state index contributed by atoms with van der Waals surface area (Å²) in [5, 5.41) is 2.95. The topological polar surface area (TPSA) is 67.9 Å². The van der Waals surface area contributed by atoms with Crippen molar-refractivity contribution in [3.63, 3.8) is 0 Å². The Hall–Kier alpha value is -1.30. The van der Waals surface area contributed by atoms with Crippen molar-refractivity contribution in [2.75, 3.05) is 20.2 Å². The summed E-state index contributed by atoms with van der Waals surface area (Å²) in [5.74, 6) is -0.168. The molecule has 1 amide bonds.